The molecule has 17 heavy (non-hydrogen) atoms. The lowest BCUT2D eigenvalue weighted by atomic mass is 10.1. The Hall–Kier alpha value is -1.55. The Kier molecular flexibility index (Phi) is 3.07. The Balaban J connectivity index is 2.32. The van der Waals surface area contributed by atoms with Crippen molar-refractivity contribution in [3.05, 3.63) is 16.8 Å². The molecule has 0 saturated carbocycles. The fraction of sp³-hybridized carbons (Fsp3) is 0.625. The van der Waals surface area contributed by atoms with Crippen LogP contribution < -0.4 is 11.4 Å². The lowest BCUT2D eigenvalue weighted by Crippen LogP contribution is -2.36. The molecule has 2 heterocycles. The molecule has 2 rings (SSSR count). The number of hydrogen-bond acceptors (Lipinski definition) is 8. The highest BCUT2D eigenvalue weighted by Gasteiger charge is 2.43. The summed E-state index contributed by atoms with van der Waals surface area (Å²) in [6.45, 7) is -0.473. The zero-order valence-corrected chi connectivity index (χ0v) is 8.67. The van der Waals surface area contributed by atoms with E-state index in [-0.39, 0.29) is 5.95 Å². The molecule has 94 valence electrons. The number of aromatic nitrogens is 3. The molecule has 1 aromatic heterocycles. The van der Waals surface area contributed by atoms with Gasteiger partial charge in [-0.3, -0.25) is 4.57 Å². The maximum atomic E-state index is 11.5. The van der Waals surface area contributed by atoms with Crippen LogP contribution >= 0.6 is 0 Å². The third kappa shape index (κ3) is 2.00. The minimum Gasteiger partial charge on any atom is -0.394 e. The number of aliphatic hydroxyl groups excluding tert-OH is 3. The molecule has 0 spiro atoms. The summed E-state index contributed by atoms with van der Waals surface area (Å²) in [4.78, 5) is 18.4. The van der Waals surface area contributed by atoms with Crippen LogP contribution in [0.4, 0.5) is 5.95 Å². The van der Waals surface area contributed by atoms with Gasteiger partial charge in [0, 0.05) is 0 Å². The number of aliphatic hydroxyl groups is 3. The highest BCUT2D eigenvalue weighted by molar-refractivity contribution is 5.10. The van der Waals surface area contributed by atoms with E-state index in [2.05, 4.69) is 9.97 Å². The van der Waals surface area contributed by atoms with E-state index in [1.165, 1.54) is 0 Å². The maximum absolute atomic E-state index is 11.5. The molecule has 5 N–H and O–H groups in total. The van der Waals surface area contributed by atoms with Gasteiger partial charge in [-0.25, -0.2) is 9.78 Å². The van der Waals surface area contributed by atoms with Gasteiger partial charge in [0.1, 0.15) is 24.6 Å². The molecule has 4 atom stereocenters. The van der Waals surface area contributed by atoms with E-state index in [0.29, 0.717) is 0 Å². The van der Waals surface area contributed by atoms with Crippen LogP contribution in [-0.4, -0.2) is 54.8 Å². The van der Waals surface area contributed by atoms with Gasteiger partial charge in [0.25, 0.3) is 0 Å². The standard InChI is InChI=1S/C8H12N4O5/c9-7-10-2-12(8(16)11-7)6-5(15)4(14)3(1-13)17-6/h2-6,13-15H,1H2,(H2,9,11,16)/t3-,4-,5-,6+/m0/s1. The zero-order chi connectivity index (χ0) is 12.6. The first-order valence-electron chi connectivity index (χ1n) is 4.87. The molecule has 0 aromatic carbocycles. The number of ether oxygens (including phenoxy) is 1. The second-order valence-electron chi connectivity index (χ2n) is 3.63. The van der Waals surface area contributed by atoms with Gasteiger partial charge in [-0.05, 0) is 0 Å². The molecule has 9 nitrogen and oxygen atoms in total. The number of anilines is 1. The molecule has 0 radical (unpaired) electrons. The van der Waals surface area contributed by atoms with Crippen LogP contribution in [0.25, 0.3) is 0 Å². The quantitative estimate of drug-likeness (QED) is 0.426. The Morgan fingerprint density at radius 1 is 1.47 bits per heavy atom. The van der Waals surface area contributed by atoms with Crippen molar-refractivity contribution in [3.63, 3.8) is 0 Å². The molecular weight excluding hydrogens is 232 g/mol. The van der Waals surface area contributed by atoms with Crippen molar-refractivity contribution in [3.8, 4) is 0 Å². The average molecular weight is 244 g/mol. The Bertz CT molecular complexity index is 463. The SMILES string of the molecule is Nc1ncn([C@@H]2O[C@@H](CO)[C@H](O)[C@@H]2O)c(=O)n1. The molecule has 1 aliphatic rings. The van der Waals surface area contributed by atoms with Crippen molar-refractivity contribution < 1.29 is 20.1 Å². The van der Waals surface area contributed by atoms with Crippen LogP contribution in [0.1, 0.15) is 6.23 Å². The van der Waals surface area contributed by atoms with Gasteiger partial charge in [-0.1, -0.05) is 0 Å². The van der Waals surface area contributed by atoms with Crippen LogP contribution in [0, 0.1) is 0 Å². The van der Waals surface area contributed by atoms with Crippen molar-refractivity contribution >= 4 is 5.95 Å². The van der Waals surface area contributed by atoms with E-state index < -0.39 is 36.8 Å². The van der Waals surface area contributed by atoms with Crippen molar-refractivity contribution in [2.24, 2.45) is 0 Å². The van der Waals surface area contributed by atoms with Gasteiger partial charge in [0.05, 0.1) is 6.61 Å². The smallest absolute Gasteiger partial charge is 0.354 e. The van der Waals surface area contributed by atoms with Crippen molar-refractivity contribution in [1.29, 1.82) is 0 Å². The van der Waals surface area contributed by atoms with Crippen LogP contribution in [0.5, 0.6) is 0 Å². The normalized spacial score (nSPS) is 32.9. The number of nitrogens with zero attached hydrogens (tertiary/aromatic N) is 3. The highest BCUT2D eigenvalue weighted by atomic mass is 16.6. The van der Waals surface area contributed by atoms with Gasteiger partial charge in [-0.2, -0.15) is 4.98 Å². The van der Waals surface area contributed by atoms with Gasteiger partial charge in [-0.15, -0.1) is 0 Å². The highest BCUT2D eigenvalue weighted by Crippen LogP contribution is 2.27. The molecule has 0 unspecified atom stereocenters. The molecule has 1 aliphatic heterocycles. The minimum absolute atomic E-state index is 0.196. The Morgan fingerprint density at radius 3 is 2.71 bits per heavy atom. The number of rotatable bonds is 2. The Labute approximate surface area is 95.1 Å². The van der Waals surface area contributed by atoms with Crippen molar-refractivity contribution in [2.75, 3.05) is 12.3 Å². The van der Waals surface area contributed by atoms with Crippen LogP contribution in [-0.2, 0) is 4.74 Å². The summed E-state index contributed by atoms with van der Waals surface area (Å²) in [6.07, 6.45) is -3.67. The first-order valence-corrected chi connectivity index (χ1v) is 4.87. The molecule has 1 fully saturated rings. The van der Waals surface area contributed by atoms with Crippen molar-refractivity contribution in [1.82, 2.24) is 14.5 Å². The largest absolute Gasteiger partial charge is 0.394 e. The first kappa shape index (κ1) is 11.9. The predicted octanol–water partition coefficient (Wildman–Crippen LogP) is -3.17. The lowest BCUT2D eigenvalue weighted by Gasteiger charge is -2.16. The molecule has 9 heteroatoms. The first-order chi connectivity index (χ1) is 8.04. The van der Waals surface area contributed by atoms with Crippen LogP contribution in [0.3, 0.4) is 0 Å². The summed E-state index contributed by atoms with van der Waals surface area (Å²) in [5, 5.41) is 28.1. The third-order valence-electron chi connectivity index (χ3n) is 2.54. The van der Waals surface area contributed by atoms with E-state index in [1.807, 2.05) is 0 Å². The van der Waals surface area contributed by atoms with E-state index in [1.54, 1.807) is 0 Å². The summed E-state index contributed by atoms with van der Waals surface area (Å²) in [7, 11) is 0. The third-order valence-corrected chi connectivity index (χ3v) is 2.54. The fourth-order valence-electron chi connectivity index (χ4n) is 1.64. The lowest BCUT2D eigenvalue weighted by molar-refractivity contribution is -0.0554. The van der Waals surface area contributed by atoms with Crippen LogP contribution in [0.2, 0.25) is 0 Å². The summed E-state index contributed by atoms with van der Waals surface area (Å²) < 4.78 is 6.04. The predicted molar refractivity (Wildman–Crippen MR) is 53.7 cm³/mol. The van der Waals surface area contributed by atoms with Crippen LogP contribution in [0.15, 0.2) is 11.1 Å². The summed E-state index contributed by atoms with van der Waals surface area (Å²) >= 11 is 0. The van der Waals surface area contributed by atoms with Gasteiger partial charge >= 0.3 is 5.69 Å². The van der Waals surface area contributed by atoms with E-state index in [9.17, 15) is 15.0 Å². The number of hydrogen-bond donors (Lipinski definition) is 4. The molecule has 0 aliphatic carbocycles. The number of nitrogen functional groups attached to an aromatic ring is 1. The summed E-state index contributed by atoms with van der Waals surface area (Å²) in [6, 6.07) is 0. The van der Waals surface area contributed by atoms with Gasteiger partial charge in [0.2, 0.25) is 5.95 Å². The maximum Gasteiger partial charge on any atom is 0.354 e. The number of nitrogens with two attached hydrogens (primary N) is 1. The van der Waals surface area contributed by atoms with Gasteiger partial charge in [0.15, 0.2) is 6.23 Å². The molecule has 1 aromatic rings. The fourth-order valence-corrected chi connectivity index (χ4v) is 1.64. The average Bonchev–Trinajstić information content (AvgIpc) is 2.57. The monoisotopic (exact) mass is 244 g/mol. The Morgan fingerprint density at radius 2 is 2.18 bits per heavy atom. The summed E-state index contributed by atoms with van der Waals surface area (Å²) in [5.74, 6) is -0.196. The topological polar surface area (TPSA) is 144 Å². The zero-order valence-electron chi connectivity index (χ0n) is 8.67. The molecule has 0 amide bonds. The van der Waals surface area contributed by atoms with E-state index in [0.717, 1.165) is 10.9 Å². The summed E-state index contributed by atoms with van der Waals surface area (Å²) in [5.41, 5.74) is 4.46. The van der Waals surface area contributed by atoms with Gasteiger partial charge < -0.3 is 25.8 Å². The molecule has 1 saturated heterocycles. The molecule has 0 bridgehead atoms. The minimum atomic E-state index is -1.35. The second-order valence-corrected chi connectivity index (χ2v) is 3.63. The second kappa shape index (κ2) is 4.37. The van der Waals surface area contributed by atoms with Crippen molar-refractivity contribution in [2.45, 2.75) is 24.5 Å². The molecular formula is C8H12N4O5. The van der Waals surface area contributed by atoms with E-state index >= 15 is 0 Å². The van der Waals surface area contributed by atoms with E-state index in [4.69, 9.17) is 15.6 Å².